The van der Waals surface area contributed by atoms with Gasteiger partial charge in [0.05, 0.1) is 12.0 Å². The highest BCUT2D eigenvalue weighted by Crippen LogP contribution is 2.22. The van der Waals surface area contributed by atoms with Crippen LogP contribution < -0.4 is 16.0 Å². The molecule has 8 heteroatoms. The molecule has 0 radical (unpaired) electrons. The predicted octanol–water partition coefficient (Wildman–Crippen LogP) is 6.04. The predicted molar refractivity (Wildman–Crippen MR) is 151 cm³/mol. The topological polar surface area (TPSA) is 100 Å². The Labute approximate surface area is 225 Å². The Balaban J connectivity index is 1.37. The van der Waals surface area contributed by atoms with Gasteiger partial charge in [-0.1, -0.05) is 30.3 Å². The Hall–Kier alpha value is -4.56. The number of thioether (sulfide) groups is 1. The van der Waals surface area contributed by atoms with Gasteiger partial charge in [0.15, 0.2) is 0 Å². The first-order chi connectivity index (χ1) is 18.4. The summed E-state index contributed by atoms with van der Waals surface area (Å²) in [5, 5.41) is 8.41. The number of aryl methyl sites for hydroxylation is 1. The summed E-state index contributed by atoms with van der Waals surface area (Å²) in [6, 6.07) is 25.0. The second-order valence-electron chi connectivity index (χ2n) is 8.46. The lowest BCUT2D eigenvalue weighted by molar-refractivity contribution is -0.114. The van der Waals surface area contributed by atoms with Gasteiger partial charge in [0.2, 0.25) is 5.91 Å². The molecule has 38 heavy (non-hydrogen) atoms. The van der Waals surface area contributed by atoms with E-state index >= 15 is 0 Å². The van der Waals surface area contributed by atoms with E-state index in [1.807, 2.05) is 50.2 Å². The summed E-state index contributed by atoms with van der Waals surface area (Å²) in [5.74, 6) is -0.332. The molecule has 1 aromatic heterocycles. The molecule has 0 aliphatic carbocycles. The van der Waals surface area contributed by atoms with Crippen LogP contribution in [0.25, 0.3) is 6.08 Å². The zero-order valence-corrected chi connectivity index (χ0v) is 21.8. The van der Waals surface area contributed by atoms with E-state index in [1.54, 1.807) is 48.5 Å². The molecule has 3 aromatic carbocycles. The minimum absolute atomic E-state index is 0.0374. The maximum Gasteiger partial charge on any atom is 0.272 e. The van der Waals surface area contributed by atoms with E-state index in [9.17, 15) is 14.4 Å². The van der Waals surface area contributed by atoms with Gasteiger partial charge in [-0.2, -0.15) is 0 Å². The molecule has 0 aliphatic heterocycles. The van der Waals surface area contributed by atoms with Gasteiger partial charge >= 0.3 is 0 Å². The molecule has 7 nitrogen and oxygen atoms in total. The van der Waals surface area contributed by atoms with Crippen LogP contribution in [-0.4, -0.2) is 23.5 Å². The summed E-state index contributed by atoms with van der Waals surface area (Å²) in [4.78, 5) is 39.0. The maximum atomic E-state index is 13.0. The van der Waals surface area contributed by atoms with Crippen molar-refractivity contribution in [3.8, 4) is 0 Å². The van der Waals surface area contributed by atoms with Gasteiger partial charge in [-0.05, 0) is 79.6 Å². The van der Waals surface area contributed by atoms with Crippen molar-refractivity contribution >= 4 is 46.9 Å². The van der Waals surface area contributed by atoms with E-state index in [0.717, 1.165) is 21.7 Å². The Morgan fingerprint density at radius 3 is 2.32 bits per heavy atom. The quantitative estimate of drug-likeness (QED) is 0.183. The molecule has 192 valence electrons. The molecular formula is C30H27N3O4S. The van der Waals surface area contributed by atoms with Crippen LogP contribution in [0.15, 0.2) is 106 Å². The largest absolute Gasteiger partial charge is 0.465 e. The summed E-state index contributed by atoms with van der Waals surface area (Å²) in [7, 11) is 0. The van der Waals surface area contributed by atoms with Gasteiger partial charge in [-0.3, -0.25) is 14.4 Å². The number of anilines is 2. The van der Waals surface area contributed by atoms with E-state index in [1.165, 1.54) is 24.1 Å². The van der Waals surface area contributed by atoms with Crippen molar-refractivity contribution in [2.24, 2.45) is 0 Å². The molecule has 3 amide bonds. The van der Waals surface area contributed by atoms with Crippen LogP contribution in [0.4, 0.5) is 11.4 Å². The van der Waals surface area contributed by atoms with E-state index in [4.69, 9.17) is 4.42 Å². The van der Waals surface area contributed by atoms with Gasteiger partial charge in [0.25, 0.3) is 11.8 Å². The smallest absolute Gasteiger partial charge is 0.272 e. The monoisotopic (exact) mass is 525 g/mol. The Morgan fingerprint density at radius 2 is 1.61 bits per heavy atom. The van der Waals surface area contributed by atoms with Gasteiger partial charge in [-0.25, -0.2) is 0 Å². The average Bonchev–Trinajstić information content (AvgIpc) is 3.44. The van der Waals surface area contributed by atoms with E-state index < -0.39 is 11.8 Å². The number of nitrogens with one attached hydrogen (secondary N) is 3. The minimum Gasteiger partial charge on any atom is -0.465 e. The van der Waals surface area contributed by atoms with E-state index in [2.05, 4.69) is 16.0 Å². The highest BCUT2D eigenvalue weighted by Gasteiger charge is 2.16. The molecule has 0 bridgehead atoms. The van der Waals surface area contributed by atoms with Crippen LogP contribution in [-0.2, 0) is 9.59 Å². The number of amides is 3. The molecule has 0 saturated heterocycles. The van der Waals surface area contributed by atoms with Gasteiger partial charge in [0, 0.05) is 27.9 Å². The molecule has 0 atom stereocenters. The molecule has 0 aliphatic rings. The normalized spacial score (nSPS) is 11.1. The van der Waals surface area contributed by atoms with Crippen LogP contribution in [0.2, 0.25) is 0 Å². The van der Waals surface area contributed by atoms with Crippen LogP contribution in [0, 0.1) is 13.8 Å². The molecular weight excluding hydrogens is 498 g/mol. The summed E-state index contributed by atoms with van der Waals surface area (Å²) in [6.45, 7) is 3.99. The Bertz CT molecular complexity index is 1450. The van der Waals surface area contributed by atoms with Crippen molar-refractivity contribution < 1.29 is 18.8 Å². The second kappa shape index (κ2) is 12.6. The van der Waals surface area contributed by atoms with Crippen molar-refractivity contribution in [1.29, 1.82) is 0 Å². The fourth-order valence-electron chi connectivity index (χ4n) is 3.51. The van der Waals surface area contributed by atoms with Crippen molar-refractivity contribution in [1.82, 2.24) is 5.32 Å². The van der Waals surface area contributed by atoms with E-state index in [0.29, 0.717) is 17.0 Å². The number of carbonyl (C=O) groups is 3. The molecule has 4 rings (SSSR count). The van der Waals surface area contributed by atoms with Gasteiger partial charge in [0.1, 0.15) is 11.5 Å². The van der Waals surface area contributed by atoms with Crippen LogP contribution in [0.1, 0.15) is 27.2 Å². The first-order valence-electron chi connectivity index (χ1n) is 11.9. The lowest BCUT2D eigenvalue weighted by Gasteiger charge is -2.12. The van der Waals surface area contributed by atoms with Crippen molar-refractivity contribution in [2.45, 2.75) is 18.7 Å². The fraction of sp³-hybridized carbons (Fsp3) is 0.100. The highest BCUT2D eigenvalue weighted by atomic mass is 32.2. The summed E-state index contributed by atoms with van der Waals surface area (Å²) in [5.41, 5.74) is 3.98. The van der Waals surface area contributed by atoms with Crippen molar-refractivity contribution in [2.75, 3.05) is 16.4 Å². The fourth-order valence-corrected chi connectivity index (χ4v) is 4.21. The molecule has 3 N–H and O–H groups in total. The summed E-state index contributed by atoms with van der Waals surface area (Å²) in [6.07, 6.45) is 2.95. The first-order valence-corrected chi connectivity index (χ1v) is 12.9. The number of furan rings is 1. The Morgan fingerprint density at radius 1 is 0.842 bits per heavy atom. The highest BCUT2D eigenvalue weighted by molar-refractivity contribution is 8.00. The van der Waals surface area contributed by atoms with Crippen molar-refractivity contribution in [3.63, 3.8) is 0 Å². The third-order valence-corrected chi connectivity index (χ3v) is 6.73. The number of rotatable bonds is 9. The number of hydrogen-bond donors (Lipinski definition) is 3. The maximum absolute atomic E-state index is 13.0. The molecule has 1 heterocycles. The number of benzene rings is 3. The second-order valence-corrected chi connectivity index (χ2v) is 9.51. The van der Waals surface area contributed by atoms with Gasteiger partial charge < -0.3 is 20.4 Å². The molecule has 4 aromatic rings. The van der Waals surface area contributed by atoms with Crippen LogP contribution in [0.3, 0.4) is 0 Å². The first kappa shape index (κ1) is 26.5. The van der Waals surface area contributed by atoms with E-state index in [-0.39, 0.29) is 17.4 Å². The molecule has 0 saturated carbocycles. The standard InChI is InChI=1S/C30H27N3O4S/c1-20-8-6-12-26(21(20)2)32-28(34)19-38-25-15-13-23(14-16-25)31-30(36)27(18-24-11-7-17-37-24)33-29(35)22-9-4-3-5-10-22/h3-18H,19H2,1-2H3,(H,31,36)(H,32,34)(H,33,35)/b27-18-. The lowest BCUT2D eigenvalue weighted by atomic mass is 10.1. The lowest BCUT2D eigenvalue weighted by Crippen LogP contribution is -2.30. The SMILES string of the molecule is Cc1cccc(NC(=O)CSc2ccc(NC(=O)/C(=C/c3ccco3)NC(=O)c3ccccc3)cc2)c1C. The third-order valence-electron chi connectivity index (χ3n) is 5.72. The summed E-state index contributed by atoms with van der Waals surface area (Å²) < 4.78 is 5.32. The van der Waals surface area contributed by atoms with Gasteiger partial charge in [-0.15, -0.1) is 11.8 Å². The van der Waals surface area contributed by atoms with Crippen LogP contribution in [0.5, 0.6) is 0 Å². The number of hydrogen-bond acceptors (Lipinski definition) is 5. The third kappa shape index (κ3) is 7.24. The van der Waals surface area contributed by atoms with Crippen LogP contribution >= 0.6 is 11.8 Å². The summed E-state index contributed by atoms with van der Waals surface area (Å²) >= 11 is 1.39. The average molecular weight is 526 g/mol. The molecule has 0 fully saturated rings. The zero-order valence-electron chi connectivity index (χ0n) is 21.0. The minimum atomic E-state index is -0.501. The number of carbonyl (C=O) groups excluding carboxylic acids is 3. The molecule has 0 spiro atoms. The van der Waals surface area contributed by atoms with Crippen molar-refractivity contribution in [3.05, 3.63) is 119 Å². The zero-order chi connectivity index (χ0) is 26.9. The Kier molecular flexibility index (Phi) is 8.79. The molecule has 0 unspecified atom stereocenters.